The molecule has 0 aromatic carbocycles. The van der Waals surface area contributed by atoms with Gasteiger partial charge in [0.25, 0.3) is 0 Å². The summed E-state index contributed by atoms with van der Waals surface area (Å²) in [6.45, 7) is 3.95. The second-order valence-corrected chi connectivity index (χ2v) is 3.95. The third-order valence-electron chi connectivity index (χ3n) is 2.39. The number of nitrogens with zero attached hydrogens (tertiary/aromatic N) is 2. The third-order valence-corrected chi connectivity index (χ3v) is 2.39. The zero-order valence-electron chi connectivity index (χ0n) is 8.86. The van der Waals surface area contributed by atoms with E-state index in [0.717, 1.165) is 5.82 Å². The molecule has 1 aromatic rings. The van der Waals surface area contributed by atoms with Gasteiger partial charge in [-0.1, -0.05) is 6.07 Å². The van der Waals surface area contributed by atoms with Gasteiger partial charge < -0.3 is 15.7 Å². The fraction of sp³-hybridized carbons (Fsp3) is 0.500. The number of aliphatic hydroxyl groups is 1. The van der Waals surface area contributed by atoms with Crippen LogP contribution in [0.5, 0.6) is 0 Å². The Labute approximate surface area is 84.4 Å². The van der Waals surface area contributed by atoms with Crippen LogP contribution in [0.3, 0.4) is 0 Å². The Hall–Kier alpha value is -1.29. The number of nitrogens with two attached hydrogens (primary N) is 1. The SMILES string of the molecule is CN(c1cccc(N)n1)C(C)(C)CO. The van der Waals surface area contributed by atoms with E-state index in [2.05, 4.69) is 4.98 Å². The Morgan fingerprint density at radius 3 is 2.64 bits per heavy atom. The fourth-order valence-corrected chi connectivity index (χ4v) is 1.04. The summed E-state index contributed by atoms with van der Waals surface area (Å²) in [5, 5.41) is 9.19. The van der Waals surface area contributed by atoms with E-state index in [0.29, 0.717) is 5.82 Å². The van der Waals surface area contributed by atoms with E-state index in [-0.39, 0.29) is 12.1 Å². The van der Waals surface area contributed by atoms with E-state index in [1.54, 1.807) is 6.07 Å². The van der Waals surface area contributed by atoms with Crippen LogP contribution in [0.1, 0.15) is 13.8 Å². The lowest BCUT2D eigenvalue weighted by molar-refractivity contribution is 0.215. The highest BCUT2D eigenvalue weighted by molar-refractivity contribution is 5.46. The summed E-state index contributed by atoms with van der Waals surface area (Å²) in [5.74, 6) is 1.26. The molecule has 0 amide bonds. The lowest BCUT2D eigenvalue weighted by atomic mass is 10.1. The molecule has 0 saturated heterocycles. The number of anilines is 2. The molecule has 14 heavy (non-hydrogen) atoms. The quantitative estimate of drug-likeness (QED) is 0.751. The summed E-state index contributed by atoms with van der Waals surface area (Å²) in [7, 11) is 1.89. The summed E-state index contributed by atoms with van der Waals surface area (Å²) in [5.41, 5.74) is 5.25. The van der Waals surface area contributed by atoms with E-state index in [4.69, 9.17) is 5.73 Å². The maximum Gasteiger partial charge on any atom is 0.131 e. The zero-order chi connectivity index (χ0) is 10.8. The minimum atomic E-state index is -0.333. The molecule has 0 fully saturated rings. The maximum absolute atomic E-state index is 9.19. The number of rotatable bonds is 3. The van der Waals surface area contributed by atoms with Gasteiger partial charge in [-0.05, 0) is 26.0 Å². The topological polar surface area (TPSA) is 62.4 Å². The molecular weight excluding hydrogens is 178 g/mol. The molecule has 0 aliphatic rings. The molecule has 4 nitrogen and oxygen atoms in total. The van der Waals surface area contributed by atoms with Gasteiger partial charge in [-0.15, -0.1) is 0 Å². The summed E-state index contributed by atoms with van der Waals surface area (Å²) >= 11 is 0. The van der Waals surface area contributed by atoms with Crippen LogP contribution >= 0.6 is 0 Å². The van der Waals surface area contributed by atoms with Crippen molar-refractivity contribution in [1.82, 2.24) is 4.98 Å². The van der Waals surface area contributed by atoms with Crippen LogP contribution in [0.25, 0.3) is 0 Å². The normalized spacial score (nSPS) is 11.4. The van der Waals surface area contributed by atoms with Crippen molar-refractivity contribution in [2.45, 2.75) is 19.4 Å². The van der Waals surface area contributed by atoms with Crippen LogP contribution in [0.4, 0.5) is 11.6 Å². The number of aliphatic hydroxyl groups excluding tert-OH is 1. The standard InChI is InChI=1S/C10H17N3O/c1-10(2,7-14)13(3)9-6-4-5-8(11)12-9/h4-6,14H,7H2,1-3H3,(H2,11,12). The van der Waals surface area contributed by atoms with Gasteiger partial charge in [-0.3, -0.25) is 0 Å². The number of hydrogen-bond acceptors (Lipinski definition) is 4. The largest absolute Gasteiger partial charge is 0.394 e. The first-order valence-corrected chi connectivity index (χ1v) is 4.54. The molecular formula is C10H17N3O. The maximum atomic E-state index is 9.19. The molecule has 0 unspecified atom stereocenters. The molecule has 0 saturated carbocycles. The minimum absolute atomic E-state index is 0.0694. The van der Waals surface area contributed by atoms with Crippen molar-refractivity contribution in [3.8, 4) is 0 Å². The van der Waals surface area contributed by atoms with Crippen molar-refractivity contribution in [3.63, 3.8) is 0 Å². The van der Waals surface area contributed by atoms with E-state index in [9.17, 15) is 5.11 Å². The van der Waals surface area contributed by atoms with Gasteiger partial charge in [-0.25, -0.2) is 4.98 Å². The molecule has 0 aliphatic carbocycles. The predicted molar refractivity (Wildman–Crippen MR) is 58.2 cm³/mol. The molecule has 1 heterocycles. The molecule has 4 heteroatoms. The van der Waals surface area contributed by atoms with Crippen molar-refractivity contribution < 1.29 is 5.11 Å². The van der Waals surface area contributed by atoms with E-state index >= 15 is 0 Å². The predicted octanol–water partition coefficient (Wildman–Crippen LogP) is 0.871. The molecule has 0 bridgehead atoms. The highest BCUT2D eigenvalue weighted by atomic mass is 16.3. The number of nitrogen functional groups attached to an aromatic ring is 1. The molecule has 0 aliphatic heterocycles. The van der Waals surface area contributed by atoms with Crippen LogP contribution in [0.2, 0.25) is 0 Å². The zero-order valence-corrected chi connectivity index (χ0v) is 8.86. The monoisotopic (exact) mass is 195 g/mol. The van der Waals surface area contributed by atoms with Crippen LogP contribution in [-0.2, 0) is 0 Å². The van der Waals surface area contributed by atoms with Crippen LogP contribution in [-0.4, -0.2) is 29.3 Å². The first kappa shape index (κ1) is 10.8. The minimum Gasteiger partial charge on any atom is -0.394 e. The van der Waals surface area contributed by atoms with Crippen molar-refractivity contribution >= 4 is 11.6 Å². The van der Waals surface area contributed by atoms with E-state index in [1.807, 2.05) is 37.9 Å². The number of likely N-dealkylation sites (N-methyl/N-ethyl adjacent to an activating group) is 1. The van der Waals surface area contributed by atoms with Gasteiger partial charge in [0, 0.05) is 7.05 Å². The third kappa shape index (κ3) is 2.14. The first-order valence-electron chi connectivity index (χ1n) is 4.54. The van der Waals surface area contributed by atoms with Crippen molar-refractivity contribution in [1.29, 1.82) is 0 Å². The lowest BCUT2D eigenvalue weighted by Crippen LogP contribution is -2.44. The molecule has 78 valence electrons. The molecule has 0 atom stereocenters. The number of pyridine rings is 1. The van der Waals surface area contributed by atoms with Crippen molar-refractivity contribution in [3.05, 3.63) is 18.2 Å². The van der Waals surface area contributed by atoms with Gasteiger partial charge in [0.2, 0.25) is 0 Å². The van der Waals surface area contributed by atoms with Crippen molar-refractivity contribution in [2.75, 3.05) is 24.3 Å². The smallest absolute Gasteiger partial charge is 0.131 e. The molecule has 3 N–H and O–H groups in total. The average Bonchev–Trinajstić information content (AvgIpc) is 2.16. The summed E-state index contributed by atoms with van der Waals surface area (Å²) in [6.07, 6.45) is 0. The Morgan fingerprint density at radius 1 is 1.50 bits per heavy atom. The van der Waals surface area contributed by atoms with Crippen molar-refractivity contribution in [2.24, 2.45) is 0 Å². The Bertz CT molecular complexity index is 312. The first-order chi connectivity index (χ1) is 6.47. The molecule has 0 spiro atoms. The van der Waals surface area contributed by atoms with E-state index in [1.165, 1.54) is 0 Å². The van der Waals surface area contributed by atoms with Gasteiger partial charge in [0.15, 0.2) is 0 Å². The molecule has 1 rings (SSSR count). The molecule has 1 aromatic heterocycles. The Morgan fingerprint density at radius 2 is 2.14 bits per heavy atom. The number of aromatic nitrogens is 1. The fourth-order valence-electron chi connectivity index (χ4n) is 1.04. The van der Waals surface area contributed by atoms with Gasteiger partial charge >= 0.3 is 0 Å². The lowest BCUT2D eigenvalue weighted by Gasteiger charge is -2.34. The van der Waals surface area contributed by atoms with Crippen LogP contribution < -0.4 is 10.6 Å². The summed E-state index contributed by atoms with van der Waals surface area (Å²) in [6, 6.07) is 5.46. The Balaban J connectivity index is 2.94. The van der Waals surface area contributed by atoms with Crippen LogP contribution in [0, 0.1) is 0 Å². The Kier molecular flexibility index (Phi) is 2.96. The van der Waals surface area contributed by atoms with Crippen LogP contribution in [0.15, 0.2) is 18.2 Å². The highest BCUT2D eigenvalue weighted by Crippen LogP contribution is 2.20. The van der Waals surface area contributed by atoms with E-state index < -0.39 is 0 Å². The molecule has 0 radical (unpaired) electrons. The van der Waals surface area contributed by atoms with Gasteiger partial charge in [-0.2, -0.15) is 0 Å². The van der Waals surface area contributed by atoms with Gasteiger partial charge in [0.05, 0.1) is 12.1 Å². The summed E-state index contributed by atoms with van der Waals surface area (Å²) in [4.78, 5) is 6.09. The highest BCUT2D eigenvalue weighted by Gasteiger charge is 2.23. The number of hydrogen-bond donors (Lipinski definition) is 2. The average molecular weight is 195 g/mol. The second-order valence-electron chi connectivity index (χ2n) is 3.95. The van der Waals surface area contributed by atoms with Gasteiger partial charge in [0.1, 0.15) is 11.6 Å². The second kappa shape index (κ2) is 3.84. The summed E-state index contributed by atoms with van der Waals surface area (Å²) < 4.78 is 0.